The van der Waals surface area contributed by atoms with Gasteiger partial charge in [0.1, 0.15) is 5.75 Å². The molecule has 0 bridgehead atoms. The molecule has 2 aromatic rings. The first-order chi connectivity index (χ1) is 26.0. The van der Waals surface area contributed by atoms with Crippen molar-refractivity contribution in [2.75, 3.05) is 49.1 Å². The Balaban J connectivity index is 1.09. The zero-order valence-corrected chi connectivity index (χ0v) is 33.2. The molecule has 1 fully saturated rings. The fourth-order valence-electron chi connectivity index (χ4n) is 6.54. The number of hydrogen-bond donors (Lipinski definition) is 0. The predicted molar refractivity (Wildman–Crippen MR) is 225 cm³/mol. The number of aryl methyl sites for hydroxylation is 1. The highest BCUT2D eigenvalue weighted by molar-refractivity contribution is 6.43. The average molecular weight is 761 g/mol. The molecule has 0 radical (unpaired) electrons. The molecule has 8 heteroatoms. The van der Waals surface area contributed by atoms with Crippen LogP contribution in [0.2, 0.25) is 10.0 Å². The van der Waals surface area contributed by atoms with Crippen LogP contribution >= 0.6 is 23.2 Å². The number of fused-ring (bicyclic) bond motifs is 1. The number of unbranched alkanes of at least 4 members (excludes halogenated alkanes) is 4. The van der Waals surface area contributed by atoms with Crippen LogP contribution in [0.5, 0.6) is 5.75 Å². The Hall–Kier alpha value is -3.58. The van der Waals surface area contributed by atoms with E-state index < -0.39 is 0 Å². The van der Waals surface area contributed by atoms with Crippen molar-refractivity contribution in [3.05, 3.63) is 113 Å². The first-order valence-corrected chi connectivity index (χ1v) is 20.5. The number of carbonyl (C=O) groups is 2. The normalized spacial score (nSPS) is 15.6. The molecule has 0 aliphatic carbocycles. The maximum Gasteiger partial charge on any atom is 0.234 e. The van der Waals surface area contributed by atoms with Crippen molar-refractivity contribution < 1.29 is 14.3 Å². The largest absolute Gasteiger partial charge is 0.494 e. The molecule has 0 saturated carbocycles. The van der Waals surface area contributed by atoms with Gasteiger partial charge >= 0.3 is 0 Å². The predicted octanol–water partition coefficient (Wildman–Crippen LogP) is 11.5. The number of hydrogen-bond acceptors (Lipinski definition) is 5. The Morgan fingerprint density at radius 1 is 0.736 bits per heavy atom. The van der Waals surface area contributed by atoms with Gasteiger partial charge in [0.2, 0.25) is 11.8 Å². The van der Waals surface area contributed by atoms with Gasteiger partial charge in [-0.15, -0.1) is 0 Å². The molecule has 6 nitrogen and oxygen atoms in total. The monoisotopic (exact) mass is 759 g/mol. The molecule has 4 rings (SSSR count). The highest BCUT2D eigenvalue weighted by Gasteiger charge is 2.29. The van der Waals surface area contributed by atoms with E-state index in [1.165, 1.54) is 30.6 Å². The van der Waals surface area contributed by atoms with Crippen LogP contribution in [0.4, 0.5) is 11.4 Å². The lowest BCUT2D eigenvalue weighted by Crippen LogP contribution is -2.46. The number of benzene rings is 2. The summed E-state index contributed by atoms with van der Waals surface area (Å²) < 4.78 is 6.10. The highest BCUT2D eigenvalue weighted by atomic mass is 35.5. The maximum absolute atomic E-state index is 13.2. The number of ether oxygens (including phenoxy) is 1. The summed E-state index contributed by atoms with van der Waals surface area (Å²) >= 11 is 12.6. The highest BCUT2D eigenvalue weighted by Crippen LogP contribution is 2.34. The van der Waals surface area contributed by atoms with Crippen LogP contribution < -0.4 is 14.5 Å². The van der Waals surface area contributed by atoms with E-state index >= 15 is 0 Å². The van der Waals surface area contributed by atoms with E-state index in [2.05, 4.69) is 71.4 Å². The topological polar surface area (TPSA) is 53.1 Å². The fraction of sp³-hybridized carbons (Fsp3) is 0.467. The third-order valence-corrected chi connectivity index (χ3v) is 10.4. The van der Waals surface area contributed by atoms with Gasteiger partial charge in [-0.1, -0.05) is 116 Å². The van der Waals surface area contributed by atoms with Crippen molar-refractivity contribution in [3.63, 3.8) is 0 Å². The molecule has 0 N–H and O–H groups in total. The number of piperazine rings is 1. The summed E-state index contributed by atoms with van der Waals surface area (Å²) in [5, 5.41) is 1.22. The Morgan fingerprint density at radius 3 is 2.08 bits per heavy atom. The lowest BCUT2D eigenvalue weighted by molar-refractivity contribution is -0.126. The SMILES string of the molecule is CCCCC/C=C\C/C=C\C/C=C\C/C=C\C/C=C\CCC(=O)N1C(=O)CCc2ccc(OCCCCN3CCN(c4cccc(Cl)c4Cl)CC3)cc21. The smallest absolute Gasteiger partial charge is 0.234 e. The van der Waals surface area contributed by atoms with Crippen molar-refractivity contribution in [2.45, 2.75) is 96.8 Å². The van der Waals surface area contributed by atoms with E-state index in [4.69, 9.17) is 27.9 Å². The van der Waals surface area contributed by atoms with Crippen molar-refractivity contribution in [3.8, 4) is 5.75 Å². The van der Waals surface area contributed by atoms with Crippen LogP contribution in [0.1, 0.15) is 96.0 Å². The Bertz CT molecular complexity index is 1570. The summed E-state index contributed by atoms with van der Waals surface area (Å²) in [6, 6.07) is 11.6. The minimum atomic E-state index is -0.159. The summed E-state index contributed by atoms with van der Waals surface area (Å²) in [4.78, 5) is 32.3. The first-order valence-electron chi connectivity index (χ1n) is 19.8. The second kappa shape index (κ2) is 24.7. The van der Waals surface area contributed by atoms with Gasteiger partial charge in [0.25, 0.3) is 0 Å². The van der Waals surface area contributed by atoms with Crippen LogP contribution in [0, 0.1) is 0 Å². The minimum Gasteiger partial charge on any atom is -0.494 e. The van der Waals surface area contributed by atoms with Crippen LogP contribution in [0.3, 0.4) is 0 Å². The van der Waals surface area contributed by atoms with Crippen LogP contribution in [-0.2, 0) is 16.0 Å². The summed E-state index contributed by atoms with van der Waals surface area (Å²) in [7, 11) is 0. The molecule has 2 amide bonds. The molecule has 0 aromatic heterocycles. The molecule has 0 spiro atoms. The molecular formula is C45H59Cl2N3O3. The van der Waals surface area contributed by atoms with Gasteiger partial charge in [-0.25, -0.2) is 0 Å². The molecule has 286 valence electrons. The molecule has 53 heavy (non-hydrogen) atoms. The lowest BCUT2D eigenvalue weighted by atomic mass is 10.00. The Morgan fingerprint density at radius 2 is 1.40 bits per heavy atom. The van der Waals surface area contributed by atoms with E-state index in [0.717, 1.165) is 82.5 Å². The van der Waals surface area contributed by atoms with Crippen molar-refractivity contribution in [1.82, 2.24) is 4.90 Å². The van der Waals surface area contributed by atoms with Gasteiger partial charge in [0.05, 0.1) is 28.0 Å². The summed E-state index contributed by atoms with van der Waals surface area (Å²) in [5.41, 5.74) is 2.69. The van der Waals surface area contributed by atoms with E-state index in [1.807, 2.05) is 42.5 Å². The van der Waals surface area contributed by atoms with E-state index in [1.54, 1.807) is 0 Å². The van der Waals surface area contributed by atoms with Crippen molar-refractivity contribution in [2.24, 2.45) is 0 Å². The number of imide groups is 1. The molecule has 1 saturated heterocycles. The average Bonchev–Trinajstić information content (AvgIpc) is 3.16. The Kier molecular flexibility index (Phi) is 19.6. The van der Waals surface area contributed by atoms with Gasteiger partial charge in [0, 0.05) is 45.1 Å². The zero-order valence-electron chi connectivity index (χ0n) is 31.7. The third-order valence-electron chi connectivity index (χ3n) is 9.61. The van der Waals surface area contributed by atoms with E-state index in [-0.39, 0.29) is 11.8 Å². The molecule has 2 heterocycles. The number of anilines is 2. The molecular weight excluding hydrogens is 701 g/mol. The van der Waals surface area contributed by atoms with Crippen molar-refractivity contribution in [1.29, 1.82) is 0 Å². The molecule has 2 aliphatic rings. The quantitative estimate of drug-likeness (QED) is 0.0884. The van der Waals surface area contributed by atoms with Gasteiger partial charge in [-0.3, -0.25) is 19.4 Å². The molecule has 0 atom stereocenters. The third kappa shape index (κ3) is 15.0. The molecule has 0 unspecified atom stereocenters. The van der Waals surface area contributed by atoms with Crippen LogP contribution in [0.15, 0.2) is 97.2 Å². The molecule has 2 aliphatic heterocycles. The number of carbonyl (C=O) groups excluding carboxylic acids is 2. The second-order valence-electron chi connectivity index (χ2n) is 13.7. The fourth-order valence-corrected chi connectivity index (χ4v) is 6.96. The van der Waals surface area contributed by atoms with Crippen LogP contribution in [0.25, 0.3) is 0 Å². The summed E-state index contributed by atoms with van der Waals surface area (Å²) in [6.45, 7) is 7.63. The Labute approximate surface area is 328 Å². The number of nitrogens with zero attached hydrogens (tertiary/aromatic N) is 3. The standard InChI is InChI=1S/C45H59Cl2N3O3/c1-2-3-4-5-6-7-8-9-10-11-12-13-14-15-16-17-18-19-20-26-43(51)50-42-37-39(29-27-38(42)28-30-44(50)52)53-36-22-21-31-48-32-34-49(35-33-48)41-25-23-24-40(46)45(41)47/h6-7,9-10,12-13,15-16,18-19,23-25,27,29,37H,2-5,8,11,14,17,20-22,26,28,30-36H2,1H3/b7-6-,10-9-,13-12-,16-15-,19-18-. The second-order valence-corrected chi connectivity index (χ2v) is 14.5. The van der Waals surface area contributed by atoms with Gasteiger partial charge in [-0.05, 0) is 94.5 Å². The number of rotatable bonds is 22. The first kappa shape index (κ1) is 42.2. The van der Waals surface area contributed by atoms with Crippen LogP contribution in [-0.4, -0.2) is 56.0 Å². The van der Waals surface area contributed by atoms with Gasteiger partial charge in [-0.2, -0.15) is 0 Å². The van der Waals surface area contributed by atoms with Crippen molar-refractivity contribution >= 4 is 46.4 Å². The molecule has 2 aromatic carbocycles. The summed E-state index contributed by atoms with van der Waals surface area (Å²) in [6.07, 6.45) is 34.5. The number of amides is 2. The van der Waals surface area contributed by atoms with E-state index in [0.29, 0.717) is 53.8 Å². The van der Waals surface area contributed by atoms with Gasteiger partial charge in [0.15, 0.2) is 0 Å². The lowest BCUT2D eigenvalue weighted by Gasteiger charge is -2.36. The number of allylic oxidation sites excluding steroid dienone is 10. The van der Waals surface area contributed by atoms with E-state index in [9.17, 15) is 9.59 Å². The maximum atomic E-state index is 13.2. The minimum absolute atomic E-state index is 0.137. The van der Waals surface area contributed by atoms with Gasteiger partial charge < -0.3 is 9.64 Å². The summed E-state index contributed by atoms with van der Waals surface area (Å²) in [5.74, 6) is 0.401. The number of halogens is 2. The zero-order chi connectivity index (χ0) is 37.5.